The summed E-state index contributed by atoms with van der Waals surface area (Å²) in [7, 11) is 1.68. The zero-order chi connectivity index (χ0) is 13.1. The number of thiocarbonyl (C=S) groups is 1. The van der Waals surface area contributed by atoms with Gasteiger partial charge in [-0.05, 0) is 13.0 Å². The van der Waals surface area contributed by atoms with Crippen LogP contribution in [0.25, 0.3) is 0 Å². The minimum absolute atomic E-state index is 0.277. The second-order valence-electron chi connectivity index (χ2n) is 4.16. The number of ether oxygens (including phenoxy) is 2. The van der Waals surface area contributed by atoms with E-state index >= 15 is 0 Å². The number of nitrogens with two attached hydrogens (primary N) is 1. The molecule has 0 bridgehead atoms. The van der Waals surface area contributed by atoms with Gasteiger partial charge >= 0.3 is 0 Å². The first-order valence-corrected chi connectivity index (χ1v) is 6.61. The molecule has 2 N–H and O–H groups in total. The van der Waals surface area contributed by atoms with Crippen molar-refractivity contribution in [3.05, 3.63) is 0 Å². The van der Waals surface area contributed by atoms with Crippen LogP contribution in [0, 0.1) is 5.92 Å². The largest absolute Gasteiger partial charge is 0.393 e. The number of methoxy groups -OCH3 is 1. The van der Waals surface area contributed by atoms with Crippen molar-refractivity contribution < 1.29 is 9.47 Å². The molecule has 0 fully saturated rings. The van der Waals surface area contributed by atoms with Crippen LogP contribution in [0.3, 0.4) is 0 Å². The molecule has 0 saturated heterocycles. The van der Waals surface area contributed by atoms with Gasteiger partial charge in [-0.25, -0.2) is 0 Å². The lowest BCUT2D eigenvalue weighted by Gasteiger charge is -2.23. The van der Waals surface area contributed by atoms with Crippen LogP contribution < -0.4 is 5.73 Å². The Morgan fingerprint density at radius 1 is 1.35 bits per heavy atom. The molecule has 1 unspecified atom stereocenters. The van der Waals surface area contributed by atoms with Gasteiger partial charge in [-0.3, -0.25) is 0 Å². The van der Waals surface area contributed by atoms with Gasteiger partial charge < -0.3 is 20.1 Å². The van der Waals surface area contributed by atoms with Crippen LogP contribution in [-0.4, -0.2) is 56.5 Å². The second kappa shape index (κ2) is 10.9. The molecule has 0 rings (SSSR count). The Bertz CT molecular complexity index is 203. The van der Waals surface area contributed by atoms with Crippen LogP contribution in [0.1, 0.15) is 20.3 Å². The molecule has 0 saturated carbocycles. The lowest BCUT2D eigenvalue weighted by atomic mass is 10.1. The molecule has 5 heteroatoms. The molecule has 0 aliphatic carbocycles. The van der Waals surface area contributed by atoms with Crippen LogP contribution >= 0.6 is 12.2 Å². The summed E-state index contributed by atoms with van der Waals surface area (Å²) in [5.41, 5.74) is 5.61. The summed E-state index contributed by atoms with van der Waals surface area (Å²) in [5, 5.41) is 0. The van der Waals surface area contributed by atoms with Crippen molar-refractivity contribution in [2.45, 2.75) is 20.3 Å². The maximum absolute atomic E-state index is 5.61. The Hall–Kier alpha value is -0.230. The molecule has 0 aromatic carbocycles. The molecular weight excluding hydrogens is 236 g/mol. The van der Waals surface area contributed by atoms with Crippen LogP contribution in [0.15, 0.2) is 0 Å². The van der Waals surface area contributed by atoms with E-state index in [9.17, 15) is 0 Å². The highest BCUT2D eigenvalue weighted by Gasteiger charge is 2.10. The molecule has 4 nitrogen and oxygen atoms in total. The molecule has 17 heavy (non-hydrogen) atoms. The summed E-state index contributed by atoms with van der Waals surface area (Å²) in [5.74, 6) is 0.277. The van der Waals surface area contributed by atoms with Gasteiger partial charge in [-0.1, -0.05) is 26.1 Å². The van der Waals surface area contributed by atoms with Crippen molar-refractivity contribution in [1.29, 1.82) is 0 Å². The van der Waals surface area contributed by atoms with Crippen molar-refractivity contribution in [2.24, 2.45) is 11.7 Å². The van der Waals surface area contributed by atoms with Crippen molar-refractivity contribution in [3.63, 3.8) is 0 Å². The minimum atomic E-state index is 0.277. The molecule has 0 aliphatic heterocycles. The SMILES string of the molecule is CCN(CCCOCCOC)CC(C)C(N)=S. The predicted octanol–water partition coefficient (Wildman–Crippen LogP) is 1.28. The summed E-state index contributed by atoms with van der Waals surface area (Å²) in [6.07, 6.45) is 1.03. The number of rotatable bonds is 11. The zero-order valence-corrected chi connectivity index (χ0v) is 12.1. The molecule has 0 heterocycles. The minimum Gasteiger partial charge on any atom is -0.393 e. The third kappa shape index (κ3) is 9.47. The maximum atomic E-state index is 5.61. The van der Waals surface area contributed by atoms with Gasteiger partial charge in [-0.15, -0.1) is 0 Å². The average Bonchev–Trinajstić information content (AvgIpc) is 2.31. The highest BCUT2D eigenvalue weighted by atomic mass is 32.1. The molecule has 102 valence electrons. The average molecular weight is 262 g/mol. The maximum Gasteiger partial charge on any atom is 0.0768 e. The number of hydrogen-bond acceptors (Lipinski definition) is 4. The molecule has 0 aromatic heterocycles. The smallest absolute Gasteiger partial charge is 0.0768 e. The van der Waals surface area contributed by atoms with E-state index in [0.717, 1.165) is 32.7 Å². The second-order valence-corrected chi connectivity index (χ2v) is 4.63. The third-order valence-corrected chi connectivity index (χ3v) is 3.06. The van der Waals surface area contributed by atoms with Crippen LogP contribution in [0.5, 0.6) is 0 Å². The van der Waals surface area contributed by atoms with E-state index in [1.165, 1.54) is 0 Å². The van der Waals surface area contributed by atoms with Gasteiger partial charge in [0.2, 0.25) is 0 Å². The molecule has 0 aliphatic rings. The topological polar surface area (TPSA) is 47.7 Å². The first-order chi connectivity index (χ1) is 8.11. The van der Waals surface area contributed by atoms with E-state index in [1.54, 1.807) is 7.11 Å². The first kappa shape index (κ1) is 16.8. The van der Waals surface area contributed by atoms with Gasteiger partial charge in [0, 0.05) is 32.7 Å². The van der Waals surface area contributed by atoms with Gasteiger partial charge in [0.25, 0.3) is 0 Å². The van der Waals surface area contributed by atoms with E-state index in [1.807, 2.05) is 0 Å². The van der Waals surface area contributed by atoms with E-state index in [0.29, 0.717) is 18.2 Å². The summed E-state index contributed by atoms with van der Waals surface area (Å²) in [6.45, 7) is 9.31. The zero-order valence-electron chi connectivity index (χ0n) is 11.3. The lowest BCUT2D eigenvalue weighted by Crippen LogP contribution is -2.34. The summed E-state index contributed by atoms with van der Waals surface area (Å²) in [6, 6.07) is 0. The number of hydrogen-bond donors (Lipinski definition) is 1. The van der Waals surface area contributed by atoms with E-state index in [2.05, 4.69) is 18.7 Å². The third-order valence-electron chi connectivity index (χ3n) is 2.66. The van der Waals surface area contributed by atoms with E-state index in [4.69, 9.17) is 27.4 Å². The molecule has 1 atom stereocenters. The summed E-state index contributed by atoms with van der Waals surface area (Å²) in [4.78, 5) is 2.95. The number of nitrogens with zero attached hydrogens (tertiary/aromatic N) is 1. The van der Waals surface area contributed by atoms with Crippen molar-refractivity contribution in [3.8, 4) is 0 Å². The first-order valence-electron chi connectivity index (χ1n) is 6.20. The van der Waals surface area contributed by atoms with Crippen LogP contribution in [0.4, 0.5) is 0 Å². The monoisotopic (exact) mass is 262 g/mol. The molecule has 0 aromatic rings. The van der Waals surface area contributed by atoms with Crippen molar-refractivity contribution in [1.82, 2.24) is 4.90 Å². The van der Waals surface area contributed by atoms with Crippen LogP contribution in [-0.2, 0) is 9.47 Å². The highest BCUT2D eigenvalue weighted by Crippen LogP contribution is 2.01. The van der Waals surface area contributed by atoms with Gasteiger partial charge in [0.05, 0.1) is 18.2 Å². The molecule has 0 radical (unpaired) electrons. The molecular formula is C12H26N2O2S. The summed E-state index contributed by atoms with van der Waals surface area (Å²) >= 11 is 4.98. The Morgan fingerprint density at radius 3 is 2.59 bits per heavy atom. The Labute approximate surface area is 110 Å². The quantitative estimate of drug-likeness (QED) is 0.449. The fourth-order valence-electron chi connectivity index (χ4n) is 1.49. The highest BCUT2D eigenvalue weighted by molar-refractivity contribution is 7.80. The van der Waals surface area contributed by atoms with Gasteiger partial charge in [0.15, 0.2) is 0 Å². The normalized spacial score (nSPS) is 12.9. The summed E-state index contributed by atoms with van der Waals surface area (Å²) < 4.78 is 10.3. The lowest BCUT2D eigenvalue weighted by molar-refractivity contribution is 0.0652. The molecule has 0 spiro atoms. The van der Waals surface area contributed by atoms with Gasteiger partial charge in [0.1, 0.15) is 0 Å². The van der Waals surface area contributed by atoms with Crippen molar-refractivity contribution >= 4 is 17.2 Å². The van der Waals surface area contributed by atoms with E-state index in [-0.39, 0.29) is 5.92 Å². The molecule has 0 amide bonds. The Balaban J connectivity index is 3.57. The van der Waals surface area contributed by atoms with E-state index < -0.39 is 0 Å². The fraction of sp³-hybridized carbons (Fsp3) is 0.917. The standard InChI is InChI=1S/C12H26N2O2S/c1-4-14(10-11(2)12(13)17)6-5-7-16-9-8-15-3/h11H,4-10H2,1-3H3,(H2,13,17). The van der Waals surface area contributed by atoms with Gasteiger partial charge in [-0.2, -0.15) is 0 Å². The fourth-order valence-corrected chi connectivity index (χ4v) is 1.56. The van der Waals surface area contributed by atoms with Crippen molar-refractivity contribution in [2.75, 3.05) is 46.6 Å². The van der Waals surface area contributed by atoms with Crippen LogP contribution in [0.2, 0.25) is 0 Å². The Kier molecular flexibility index (Phi) is 10.7. The Morgan fingerprint density at radius 2 is 2.06 bits per heavy atom. The predicted molar refractivity (Wildman–Crippen MR) is 75.4 cm³/mol.